The second kappa shape index (κ2) is 5.72. The molecular formula is C13H20N4O2Si. The minimum absolute atomic E-state index is 0.358. The van der Waals surface area contributed by atoms with E-state index in [1.165, 1.54) is 6.20 Å². The highest BCUT2D eigenvalue weighted by Crippen LogP contribution is 2.14. The summed E-state index contributed by atoms with van der Waals surface area (Å²) < 4.78 is 5.63. The average Bonchev–Trinajstić information content (AvgIpc) is 2.76. The van der Waals surface area contributed by atoms with Crippen molar-refractivity contribution < 1.29 is 9.53 Å². The molecule has 0 aliphatic rings. The van der Waals surface area contributed by atoms with Crippen LogP contribution in [0.2, 0.25) is 25.7 Å². The van der Waals surface area contributed by atoms with Crippen molar-refractivity contribution in [3.8, 4) is 0 Å². The summed E-state index contributed by atoms with van der Waals surface area (Å²) in [5, 5.41) is 0. The van der Waals surface area contributed by atoms with Crippen molar-refractivity contribution in [2.45, 2.75) is 32.3 Å². The number of ether oxygens (including phenoxy) is 1. The highest BCUT2D eigenvalue weighted by Gasteiger charge is 2.13. The van der Waals surface area contributed by atoms with Crippen LogP contribution in [-0.2, 0) is 11.3 Å². The topological polar surface area (TPSA) is 93.9 Å². The number of fused-ring (bicyclic) bond motifs is 1. The number of primary amides is 1. The zero-order chi connectivity index (χ0) is 14.8. The van der Waals surface area contributed by atoms with E-state index in [-0.39, 0.29) is 0 Å². The van der Waals surface area contributed by atoms with E-state index in [1.54, 1.807) is 6.20 Å². The van der Waals surface area contributed by atoms with Crippen LogP contribution in [0.1, 0.15) is 16.1 Å². The largest absolute Gasteiger partial charge is 0.375 e. The Morgan fingerprint density at radius 1 is 1.45 bits per heavy atom. The van der Waals surface area contributed by atoms with Gasteiger partial charge in [0.2, 0.25) is 0 Å². The molecule has 2 rings (SSSR count). The fourth-order valence-electron chi connectivity index (χ4n) is 1.74. The van der Waals surface area contributed by atoms with Gasteiger partial charge in [-0.15, -0.1) is 0 Å². The van der Waals surface area contributed by atoms with Gasteiger partial charge in [-0.2, -0.15) is 0 Å². The minimum atomic E-state index is -1.08. The second-order valence-corrected chi connectivity index (χ2v) is 11.6. The van der Waals surface area contributed by atoms with Gasteiger partial charge in [-0.1, -0.05) is 19.6 Å². The first kappa shape index (κ1) is 14.7. The summed E-state index contributed by atoms with van der Waals surface area (Å²) in [6.07, 6.45) is 3.18. The van der Waals surface area contributed by atoms with Gasteiger partial charge in [0.15, 0.2) is 5.65 Å². The van der Waals surface area contributed by atoms with E-state index >= 15 is 0 Å². The van der Waals surface area contributed by atoms with Crippen molar-refractivity contribution in [3.63, 3.8) is 0 Å². The predicted octanol–water partition coefficient (Wildman–Crippen LogP) is 1.91. The van der Waals surface area contributed by atoms with Crippen LogP contribution in [0, 0.1) is 0 Å². The van der Waals surface area contributed by atoms with Crippen LogP contribution in [0.15, 0.2) is 12.4 Å². The van der Waals surface area contributed by atoms with Gasteiger partial charge in [0.1, 0.15) is 5.52 Å². The van der Waals surface area contributed by atoms with E-state index in [2.05, 4.69) is 34.6 Å². The number of carbonyl (C=O) groups is 1. The van der Waals surface area contributed by atoms with Crippen LogP contribution in [0.3, 0.4) is 0 Å². The molecule has 2 aromatic heterocycles. The van der Waals surface area contributed by atoms with Gasteiger partial charge in [0.25, 0.3) is 5.91 Å². The monoisotopic (exact) mass is 292 g/mol. The summed E-state index contributed by atoms with van der Waals surface area (Å²) in [5.41, 5.74) is 7.42. The Kier molecular flexibility index (Phi) is 4.19. The molecule has 0 radical (unpaired) electrons. The van der Waals surface area contributed by atoms with Crippen molar-refractivity contribution in [2.75, 3.05) is 6.61 Å². The second-order valence-electron chi connectivity index (χ2n) is 5.99. The number of hydrogen-bond acceptors (Lipinski definition) is 4. The molecule has 0 saturated carbocycles. The lowest BCUT2D eigenvalue weighted by Crippen LogP contribution is -2.21. The van der Waals surface area contributed by atoms with Gasteiger partial charge in [-0.25, -0.2) is 9.97 Å². The molecule has 0 fully saturated rings. The van der Waals surface area contributed by atoms with E-state index in [0.29, 0.717) is 29.0 Å². The molecule has 1 amide bonds. The van der Waals surface area contributed by atoms with Crippen molar-refractivity contribution in [3.05, 3.63) is 23.7 Å². The van der Waals surface area contributed by atoms with E-state index in [4.69, 9.17) is 10.5 Å². The molecule has 2 heterocycles. The van der Waals surface area contributed by atoms with Crippen molar-refractivity contribution in [2.24, 2.45) is 5.73 Å². The lowest BCUT2D eigenvalue weighted by atomic mass is 10.3. The molecule has 0 aliphatic carbocycles. The Morgan fingerprint density at radius 2 is 2.20 bits per heavy atom. The number of rotatable bonds is 6. The molecule has 0 aliphatic heterocycles. The summed E-state index contributed by atoms with van der Waals surface area (Å²) in [5.74, 6) is -0.512. The Bertz CT molecular complexity index is 618. The van der Waals surface area contributed by atoms with Crippen LogP contribution in [-0.4, -0.2) is 35.5 Å². The molecule has 0 spiro atoms. The van der Waals surface area contributed by atoms with Crippen molar-refractivity contribution in [1.29, 1.82) is 0 Å². The van der Waals surface area contributed by atoms with E-state index in [0.717, 1.165) is 12.7 Å². The van der Waals surface area contributed by atoms with Gasteiger partial charge in [0.05, 0.1) is 24.1 Å². The third kappa shape index (κ3) is 3.64. The molecule has 2 aromatic rings. The van der Waals surface area contributed by atoms with Gasteiger partial charge in [0, 0.05) is 20.9 Å². The molecule has 0 atom stereocenters. The molecule has 7 heteroatoms. The summed E-state index contributed by atoms with van der Waals surface area (Å²) in [4.78, 5) is 22.7. The Balaban J connectivity index is 2.04. The number of amides is 1. The average molecular weight is 292 g/mol. The summed E-state index contributed by atoms with van der Waals surface area (Å²) in [6, 6.07) is 1.11. The van der Waals surface area contributed by atoms with Crippen molar-refractivity contribution >= 4 is 25.1 Å². The lowest BCUT2D eigenvalue weighted by Gasteiger charge is -2.15. The molecule has 0 saturated heterocycles. The van der Waals surface area contributed by atoms with Crippen LogP contribution in [0.25, 0.3) is 11.2 Å². The maximum atomic E-state index is 11.3. The first-order chi connectivity index (χ1) is 9.37. The highest BCUT2D eigenvalue weighted by atomic mass is 28.3. The fourth-order valence-corrected chi connectivity index (χ4v) is 2.50. The molecular weight excluding hydrogens is 272 g/mol. The number of H-pyrrole nitrogens is 1. The number of aromatic nitrogens is 3. The summed E-state index contributed by atoms with van der Waals surface area (Å²) in [6.45, 7) is 8.05. The van der Waals surface area contributed by atoms with Crippen molar-refractivity contribution in [1.82, 2.24) is 15.0 Å². The summed E-state index contributed by atoms with van der Waals surface area (Å²) in [7, 11) is -1.08. The maximum Gasteiger partial charge on any atom is 0.252 e. The molecule has 6 nitrogen and oxygen atoms in total. The summed E-state index contributed by atoms with van der Waals surface area (Å²) >= 11 is 0. The standard InChI is InChI=1S/C13H20N4O2Si/c1-20(2,3)5-4-19-8-9-6-15-13-11(17-9)10(7-16-13)12(14)18/h6-7H,4-5,8H2,1-3H3,(H2,14,18)(H,15,16). The van der Waals surface area contributed by atoms with E-state index in [1.807, 2.05) is 0 Å². The Morgan fingerprint density at radius 3 is 2.85 bits per heavy atom. The number of carbonyl (C=O) groups excluding carboxylic acids is 1. The number of aromatic amines is 1. The molecule has 3 N–H and O–H groups in total. The zero-order valence-corrected chi connectivity index (χ0v) is 13.1. The molecule has 0 aromatic carbocycles. The number of nitrogens with zero attached hydrogens (tertiary/aromatic N) is 2. The lowest BCUT2D eigenvalue weighted by molar-refractivity contribution is 0.100. The fraction of sp³-hybridized carbons (Fsp3) is 0.462. The predicted molar refractivity (Wildman–Crippen MR) is 80.2 cm³/mol. The molecule has 20 heavy (non-hydrogen) atoms. The Labute approximate surface area is 118 Å². The van der Waals surface area contributed by atoms with Gasteiger partial charge >= 0.3 is 0 Å². The number of nitrogens with one attached hydrogen (secondary N) is 1. The first-order valence-electron chi connectivity index (χ1n) is 6.57. The van der Waals surface area contributed by atoms with Crippen LogP contribution >= 0.6 is 0 Å². The third-order valence-corrected chi connectivity index (χ3v) is 4.65. The zero-order valence-electron chi connectivity index (χ0n) is 12.1. The van der Waals surface area contributed by atoms with Crippen LogP contribution < -0.4 is 5.73 Å². The molecule has 0 bridgehead atoms. The van der Waals surface area contributed by atoms with Crippen LogP contribution in [0.4, 0.5) is 0 Å². The highest BCUT2D eigenvalue weighted by molar-refractivity contribution is 6.76. The number of hydrogen-bond donors (Lipinski definition) is 2. The maximum absolute atomic E-state index is 11.3. The molecule has 108 valence electrons. The third-order valence-electron chi connectivity index (χ3n) is 2.94. The van der Waals surface area contributed by atoms with E-state index in [9.17, 15) is 4.79 Å². The number of nitrogens with two attached hydrogens (primary N) is 1. The molecule has 0 unspecified atom stereocenters. The minimum Gasteiger partial charge on any atom is -0.375 e. The van der Waals surface area contributed by atoms with Gasteiger partial charge < -0.3 is 15.5 Å². The normalized spacial score (nSPS) is 11.9. The quantitative estimate of drug-likeness (QED) is 0.628. The first-order valence-corrected chi connectivity index (χ1v) is 10.3. The van der Waals surface area contributed by atoms with Gasteiger partial charge in [-0.05, 0) is 6.04 Å². The SMILES string of the molecule is C[Si](C)(C)CCOCc1cnc2[nH]cc(C(N)=O)c2n1. The smallest absolute Gasteiger partial charge is 0.252 e. The van der Waals surface area contributed by atoms with Crippen LogP contribution in [0.5, 0.6) is 0 Å². The Hall–Kier alpha value is -1.73. The van der Waals surface area contributed by atoms with Gasteiger partial charge in [-0.3, -0.25) is 4.79 Å². The van der Waals surface area contributed by atoms with E-state index < -0.39 is 14.0 Å².